The van der Waals surface area contributed by atoms with Gasteiger partial charge in [0, 0.05) is 31.5 Å². The second kappa shape index (κ2) is 7.79. The summed E-state index contributed by atoms with van der Waals surface area (Å²) in [5, 5.41) is 3.13. The molecule has 132 valence electrons. The number of likely N-dealkylation sites (tertiary alicyclic amines) is 1. The van der Waals surface area contributed by atoms with E-state index in [0.717, 1.165) is 38.4 Å². The molecule has 0 bridgehead atoms. The molecule has 2 aliphatic rings. The standard InChI is InChI=1S/C17H27N5O2/c1-13-4-9-21(10-5-13)12-15(23)20-14-3-2-8-22(11-14)16-17(24)19-7-6-18-16/h6-7,13-14H,2-5,8-12H2,1H3,(H,19,24)(H,20,23). The first-order valence-electron chi connectivity index (χ1n) is 8.92. The zero-order valence-electron chi connectivity index (χ0n) is 14.3. The number of hydrogen-bond donors (Lipinski definition) is 2. The van der Waals surface area contributed by atoms with Gasteiger partial charge in [-0.3, -0.25) is 14.5 Å². The van der Waals surface area contributed by atoms with Crippen molar-refractivity contribution in [3.05, 3.63) is 22.7 Å². The van der Waals surface area contributed by atoms with Gasteiger partial charge in [0.25, 0.3) is 5.56 Å². The van der Waals surface area contributed by atoms with Crippen LogP contribution in [0.5, 0.6) is 0 Å². The van der Waals surface area contributed by atoms with E-state index < -0.39 is 0 Å². The first kappa shape index (κ1) is 17.0. The lowest BCUT2D eigenvalue weighted by Crippen LogP contribution is -2.51. The highest BCUT2D eigenvalue weighted by molar-refractivity contribution is 5.78. The first-order valence-corrected chi connectivity index (χ1v) is 8.92. The van der Waals surface area contributed by atoms with E-state index in [1.807, 2.05) is 4.90 Å². The lowest BCUT2D eigenvalue weighted by molar-refractivity contribution is -0.123. The number of aromatic nitrogens is 2. The van der Waals surface area contributed by atoms with Crippen LogP contribution in [0.3, 0.4) is 0 Å². The van der Waals surface area contributed by atoms with Crippen LogP contribution in [0.2, 0.25) is 0 Å². The Bertz CT molecular complexity index is 609. The molecule has 1 unspecified atom stereocenters. The van der Waals surface area contributed by atoms with Crippen LogP contribution in [0.15, 0.2) is 17.2 Å². The summed E-state index contributed by atoms with van der Waals surface area (Å²) in [5.41, 5.74) is -0.174. The van der Waals surface area contributed by atoms with Crippen molar-refractivity contribution in [3.8, 4) is 0 Å². The molecule has 2 fully saturated rings. The zero-order valence-corrected chi connectivity index (χ0v) is 14.3. The molecule has 0 spiro atoms. The fourth-order valence-corrected chi connectivity index (χ4v) is 3.55. The highest BCUT2D eigenvalue weighted by Gasteiger charge is 2.25. The molecule has 1 aromatic heterocycles. The van der Waals surface area contributed by atoms with Gasteiger partial charge in [0.15, 0.2) is 5.82 Å². The molecule has 0 aliphatic carbocycles. The Hall–Kier alpha value is -1.89. The lowest BCUT2D eigenvalue weighted by Gasteiger charge is -2.34. The monoisotopic (exact) mass is 333 g/mol. The molecule has 3 heterocycles. The maximum absolute atomic E-state index is 12.3. The summed E-state index contributed by atoms with van der Waals surface area (Å²) in [6, 6.07) is 0.0800. The van der Waals surface area contributed by atoms with E-state index in [-0.39, 0.29) is 17.5 Å². The normalized spacial score (nSPS) is 23.2. The number of rotatable bonds is 4. The fraction of sp³-hybridized carbons (Fsp3) is 0.706. The first-order chi connectivity index (χ1) is 11.6. The Morgan fingerprint density at radius 1 is 1.33 bits per heavy atom. The number of H-pyrrole nitrogens is 1. The molecule has 2 saturated heterocycles. The Morgan fingerprint density at radius 3 is 2.88 bits per heavy atom. The molecule has 1 aromatic rings. The quantitative estimate of drug-likeness (QED) is 0.843. The average Bonchev–Trinajstić information content (AvgIpc) is 2.57. The summed E-state index contributed by atoms with van der Waals surface area (Å²) in [6.07, 6.45) is 7.37. The molecule has 1 amide bonds. The van der Waals surface area contributed by atoms with Gasteiger partial charge >= 0.3 is 0 Å². The second-order valence-corrected chi connectivity index (χ2v) is 7.05. The Morgan fingerprint density at radius 2 is 2.12 bits per heavy atom. The van der Waals surface area contributed by atoms with Gasteiger partial charge in [-0.2, -0.15) is 0 Å². The van der Waals surface area contributed by atoms with Gasteiger partial charge in [-0.15, -0.1) is 0 Å². The molecular weight excluding hydrogens is 306 g/mol. The molecule has 0 saturated carbocycles. The van der Waals surface area contributed by atoms with Gasteiger partial charge in [-0.25, -0.2) is 4.98 Å². The van der Waals surface area contributed by atoms with Crippen LogP contribution in [-0.4, -0.2) is 59.5 Å². The number of anilines is 1. The van der Waals surface area contributed by atoms with E-state index in [0.29, 0.717) is 18.9 Å². The largest absolute Gasteiger partial charge is 0.350 e. The SMILES string of the molecule is CC1CCN(CC(=O)NC2CCCN(c3ncc[nH]c3=O)C2)CC1. The average molecular weight is 333 g/mol. The topological polar surface area (TPSA) is 81.3 Å². The van der Waals surface area contributed by atoms with Crippen molar-refractivity contribution in [3.63, 3.8) is 0 Å². The molecule has 0 aromatic carbocycles. The highest BCUT2D eigenvalue weighted by Crippen LogP contribution is 2.16. The van der Waals surface area contributed by atoms with Crippen LogP contribution in [-0.2, 0) is 4.79 Å². The highest BCUT2D eigenvalue weighted by atomic mass is 16.2. The van der Waals surface area contributed by atoms with Gasteiger partial charge in [-0.1, -0.05) is 6.92 Å². The van der Waals surface area contributed by atoms with E-state index in [2.05, 4.69) is 27.1 Å². The third-order valence-corrected chi connectivity index (χ3v) is 5.02. The van der Waals surface area contributed by atoms with Gasteiger partial charge in [-0.05, 0) is 44.7 Å². The van der Waals surface area contributed by atoms with Crippen molar-refractivity contribution in [2.75, 3.05) is 37.6 Å². The summed E-state index contributed by atoms with van der Waals surface area (Å²) in [5.74, 6) is 1.31. The number of amides is 1. The fourth-order valence-electron chi connectivity index (χ4n) is 3.55. The van der Waals surface area contributed by atoms with E-state index in [1.54, 1.807) is 6.20 Å². The number of carbonyl (C=O) groups is 1. The van der Waals surface area contributed by atoms with Crippen LogP contribution in [0.1, 0.15) is 32.6 Å². The van der Waals surface area contributed by atoms with Crippen molar-refractivity contribution in [2.45, 2.75) is 38.6 Å². The Labute approximate surface area is 142 Å². The van der Waals surface area contributed by atoms with E-state index >= 15 is 0 Å². The third-order valence-electron chi connectivity index (χ3n) is 5.02. The van der Waals surface area contributed by atoms with Crippen molar-refractivity contribution in [1.29, 1.82) is 0 Å². The minimum absolute atomic E-state index is 0.0800. The Balaban J connectivity index is 1.51. The maximum atomic E-state index is 12.3. The lowest BCUT2D eigenvalue weighted by atomic mass is 9.99. The number of hydrogen-bond acceptors (Lipinski definition) is 5. The molecule has 7 heteroatoms. The summed E-state index contributed by atoms with van der Waals surface area (Å²) in [4.78, 5) is 35.2. The third kappa shape index (κ3) is 4.35. The summed E-state index contributed by atoms with van der Waals surface area (Å²) in [6.45, 7) is 6.21. The van der Waals surface area contributed by atoms with Crippen molar-refractivity contribution >= 4 is 11.7 Å². The maximum Gasteiger partial charge on any atom is 0.290 e. The molecule has 2 aliphatic heterocycles. The van der Waals surface area contributed by atoms with Gasteiger partial charge in [0.2, 0.25) is 5.91 Å². The second-order valence-electron chi connectivity index (χ2n) is 7.05. The number of nitrogens with zero attached hydrogens (tertiary/aromatic N) is 3. The van der Waals surface area contributed by atoms with Gasteiger partial charge in [0.1, 0.15) is 0 Å². The number of piperidine rings is 2. The predicted molar refractivity (Wildman–Crippen MR) is 93.1 cm³/mol. The van der Waals surface area contributed by atoms with E-state index in [4.69, 9.17) is 0 Å². The minimum Gasteiger partial charge on any atom is -0.350 e. The molecule has 0 radical (unpaired) electrons. The zero-order chi connectivity index (χ0) is 16.9. The van der Waals surface area contributed by atoms with E-state index in [1.165, 1.54) is 19.0 Å². The Kier molecular flexibility index (Phi) is 5.50. The molecular formula is C17H27N5O2. The van der Waals surface area contributed by atoms with Crippen LogP contribution >= 0.6 is 0 Å². The van der Waals surface area contributed by atoms with Crippen molar-refractivity contribution < 1.29 is 4.79 Å². The van der Waals surface area contributed by atoms with Crippen LogP contribution in [0.25, 0.3) is 0 Å². The van der Waals surface area contributed by atoms with Crippen molar-refractivity contribution in [2.24, 2.45) is 5.92 Å². The van der Waals surface area contributed by atoms with Crippen LogP contribution in [0, 0.1) is 5.92 Å². The minimum atomic E-state index is -0.174. The molecule has 2 N–H and O–H groups in total. The van der Waals surface area contributed by atoms with Gasteiger partial charge in [0.05, 0.1) is 6.54 Å². The van der Waals surface area contributed by atoms with Crippen LogP contribution in [0.4, 0.5) is 5.82 Å². The number of nitrogens with one attached hydrogen (secondary N) is 2. The predicted octanol–water partition coefficient (Wildman–Crippen LogP) is 0.587. The van der Waals surface area contributed by atoms with Crippen LogP contribution < -0.4 is 15.8 Å². The molecule has 3 rings (SSSR count). The molecule has 7 nitrogen and oxygen atoms in total. The smallest absolute Gasteiger partial charge is 0.290 e. The van der Waals surface area contributed by atoms with E-state index in [9.17, 15) is 9.59 Å². The molecule has 1 atom stereocenters. The number of aromatic amines is 1. The summed E-state index contributed by atoms with van der Waals surface area (Å²) < 4.78 is 0. The van der Waals surface area contributed by atoms with Crippen molar-refractivity contribution in [1.82, 2.24) is 20.2 Å². The molecule has 24 heavy (non-hydrogen) atoms. The number of carbonyl (C=O) groups excluding carboxylic acids is 1. The summed E-state index contributed by atoms with van der Waals surface area (Å²) >= 11 is 0. The summed E-state index contributed by atoms with van der Waals surface area (Å²) in [7, 11) is 0. The van der Waals surface area contributed by atoms with Gasteiger partial charge < -0.3 is 15.2 Å².